The van der Waals surface area contributed by atoms with E-state index >= 15 is 0 Å². The molecule has 4 aromatic rings. The highest BCUT2D eigenvalue weighted by atomic mass is 16.5. The van der Waals surface area contributed by atoms with Crippen LogP contribution >= 0.6 is 0 Å². The van der Waals surface area contributed by atoms with Crippen LogP contribution in [0.4, 0.5) is 22.1 Å². The van der Waals surface area contributed by atoms with Crippen LogP contribution < -0.4 is 20.7 Å². The molecule has 11 heteroatoms. The van der Waals surface area contributed by atoms with E-state index < -0.39 is 6.03 Å². The first-order valence-corrected chi connectivity index (χ1v) is 13.7. The highest BCUT2D eigenvalue weighted by Crippen LogP contribution is 2.25. The van der Waals surface area contributed by atoms with Crippen LogP contribution in [0.5, 0.6) is 5.75 Å². The molecule has 3 heterocycles. The number of H-pyrrole nitrogens is 1. The third-order valence-electron chi connectivity index (χ3n) is 6.76. The largest absolute Gasteiger partial charge is 0.492 e. The lowest BCUT2D eigenvalue weighted by Crippen LogP contribution is -2.25. The summed E-state index contributed by atoms with van der Waals surface area (Å²) in [4.78, 5) is 27.5. The SMILES string of the molecule is CC(C)(C)c1cc(NC(=O)Nc2ccc(-c3cc(NC(=O)c4ccc(OCCN5CCCC5)cc4)n[nH]3)cc2)no1. The monoisotopic (exact) mass is 557 g/mol. The average molecular weight is 558 g/mol. The zero-order chi connectivity index (χ0) is 28.8. The summed E-state index contributed by atoms with van der Waals surface area (Å²) in [5.41, 5.74) is 2.46. The smallest absolute Gasteiger partial charge is 0.324 e. The maximum absolute atomic E-state index is 12.7. The van der Waals surface area contributed by atoms with Gasteiger partial charge in [-0.2, -0.15) is 5.10 Å². The Morgan fingerprint density at radius 1 is 0.951 bits per heavy atom. The summed E-state index contributed by atoms with van der Waals surface area (Å²) in [6.45, 7) is 9.84. The van der Waals surface area contributed by atoms with Crippen LogP contribution in [0, 0.1) is 0 Å². The van der Waals surface area contributed by atoms with Crippen LogP contribution in [0.2, 0.25) is 0 Å². The number of hydrogen-bond donors (Lipinski definition) is 4. The molecule has 0 unspecified atom stereocenters. The van der Waals surface area contributed by atoms with Crippen LogP contribution in [0.3, 0.4) is 0 Å². The number of aromatic amines is 1. The molecule has 214 valence electrons. The molecule has 0 aliphatic carbocycles. The minimum absolute atomic E-state index is 0.206. The molecule has 0 saturated carbocycles. The van der Waals surface area contributed by atoms with Gasteiger partial charge in [0.05, 0.1) is 5.69 Å². The number of rotatable bonds is 9. The normalized spacial score (nSPS) is 13.6. The molecule has 2 aromatic heterocycles. The van der Waals surface area contributed by atoms with Crippen molar-refractivity contribution in [1.82, 2.24) is 20.3 Å². The van der Waals surface area contributed by atoms with Crippen LogP contribution in [0.25, 0.3) is 11.3 Å². The Morgan fingerprint density at radius 3 is 2.37 bits per heavy atom. The molecular weight excluding hydrogens is 522 g/mol. The number of likely N-dealkylation sites (tertiary alicyclic amines) is 1. The Bertz CT molecular complexity index is 1460. The fraction of sp³-hybridized carbons (Fsp3) is 0.333. The predicted molar refractivity (Wildman–Crippen MR) is 157 cm³/mol. The molecule has 1 aliphatic rings. The molecular formula is C30H35N7O4. The number of nitrogens with zero attached hydrogens (tertiary/aromatic N) is 3. The molecule has 4 N–H and O–H groups in total. The van der Waals surface area contributed by atoms with Crippen LogP contribution in [-0.4, -0.2) is 58.4 Å². The van der Waals surface area contributed by atoms with E-state index in [2.05, 4.69) is 36.2 Å². The Labute approximate surface area is 238 Å². The molecule has 11 nitrogen and oxygen atoms in total. The standard InChI is InChI=1S/C30H35N7O4/c1-30(2,3)25-19-27(36-41-25)33-29(39)31-22-10-6-20(7-11-22)24-18-26(35-34-24)32-28(38)21-8-12-23(13-9-21)40-17-16-37-14-4-5-15-37/h6-13,18-19H,4-5,14-17H2,1-3H3,(H2,31,33,36,39)(H2,32,34,35,38). The zero-order valence-corrected chi connectivity index (χ0v) is 23.5. The van der Waals surface area contributed by atoms with E-state index in [-0.39, 0.29) is 11.3 Å². The fourth-order valence-electron chi connectivity index (χ4n) is 4.42. The van der Waals surface area contributed by atoms with E-state index in [1.54, 1.807) is 48.5 Å². The van der Waals surface area contributed by atoms with Gasteiger partial charge in [-0.15, -0.1) is 0 Å². The van der Waals surface area contributed by atoms with Gasteiger partial charge in [-0.1, -0.05) is 38.1 Å². The van der Waals surface area contributed by atoms with E-state index in [9.17, 15) is 9.59 Å². The van der Waals surface area contributed by atoms with Gasteiger partial charge in [-0.05, 0) is 67.9 Å². The topological polar surface area (TPSA) is 137 Å². The molecule has 0 radical (unpaired) electrons. The van der Waals surface area contributed by atoms with Crippen molar-refractivity contribution in [3.8, 4) is 17.0 Å². The molecule has 0 bridgehead atoms. The van der Waals surface area contributed by atoms with Crippen molar-refractivity contribution < 1.29 is 18.8 Å². The van der Waals surface area contributed by atoms with E-state index in [1.807, 2.05) is 32.9 Å². The first-order chi connectivity index (χ1) is 19.7. The van der Waals surface area contributed by atoms with Gasteiger partial charge >= 0.3 is 6.03 Å². The Kier molecular flexibility index (Phi) is 8.34. The lowest BCUT2D eigenvalue weighted by molar-refractivity contribution is 0.102. The van der Waals surface area contributed by atoms with Gasteiger partial charge < -0.3 is 19.9 Å². The number of ether oxygens (including phenoxy) is 1. The number of nitrogens with one attached hydrogen (secondary N) is 4. The Hall–Kier alpha value is -4.64. The summed E-state index contributed by atoms with van der Waals surface area (Å²) < 4.78 is 11.1. The highest BCUT2D eigenvalue weighted by Gasteiger charge is 2.20. The third kappa shape index (κ3) is 7.52. The zero-order valence-electron chi connectivity index (χ0n) is 23.5. The van der Waals surface area contributed by atoms with Crippen molar-refractivity contribution in [3.05, 3.63) is 72.0 Å². The van der Waals surface area contributed by atoms with Gasteiger partial charge in [0.25, 0.3) is 5.91 Å². The summed E-state index contributed by atoms with van der Waals surface area (Å²) in [6.07, 6.45) is 2.52. The summed E-state index contributed by atoms with van der Waals surface area (Å²) >= 11 is 0. The second-order valence-electron chi connectivity index (χ2n) is 11.0. The average Bonchev–Trinajstić information content (AvgIpc) is 3.72. The van der Waals surface area contributed by atoms with Gasteiger partial charge in [0.2, 0.25) is 0 Å². The minimum Gasteiger partial charge on any atom is -0.492 e. The Balaban J connectivity index is 1.10. The van der Waals surface area contributed by atoms with Gasteiger partial charge in [0.1, 0.15) is 18.1 Å². The predicted octanol–water partition coefficient (Wildman–Crippen LogP) is 5.73. The first-order valence-electron chi connectivity index (χ1n) is 13.7. The molecule has 1 aliphatic heterocycles. The molecule has 1 fully saturated rings. The lowest BCUT2D eigenvalue weighted by Gasteiger charge is -2.14. The molecule has 5 rings (SSSR count). The van der Waals surface area contributed by atoms with Gasteiger partial charge in [-0.25, -0.2) is 4.79 Å². The summed E-state index contributed by atoms with van der Waals surface area (Å²) in [6, 6.07) is 17.3. The molecule has 3 amide bonds. The molecule has 0 spiro atoms. The van der Waals surface area contributed by atoms with Gasteiger partial charge in [0.15, 0.2) is 11.6 Å². The van der Waals surface area contributed by atoms with E-state index in [4.69, 9.17) is 9.26 Å². The maximum Gasteiger partial charge on any atom is 0.324 e. The molecule has 41 heavy (non-hydrogen) atoms. The number of carbonyl (C=O) groups is 2. The van der Waals surface area contributed by atoms with Gasteiger partial charge in [-0.3, -0.25) is 20.1 Å². The van der Waals surface area contributed by atoms with Crippen molar-refractivity contribution >= 4 is 29.3 Å². The quantitative estimate of drug-likeness (QED) is 0.206. The van der Waals surface area contributed by atoms with Crippen molar-refractivity contribution in [2.45, 2.75) is 39.0 Å². The third-order valence-corrected chi connectivity index (χ3v) is 6.76. The fourth-order valence-corrected chi connectivity index (χ4v) is 4.42. The van der Waals surface area contributed by atoms with E-state index in [0.29, 0.717) is 35.3 Å². The van der Waals surface area contributed by atoms with E-state index in [1.165, 1.54) is 12.8 Å². The van der Waals surface area contributed by atoms with Crippen LogP contribution in [0.15, 0.2) is 65.2 Å². The second kappa shape index (κ2) is 12.3. The first kappa shape index (κ1) is 27.9. The number of hydrogen-bond acceptors (Lipinski definition) is 7. The van der Waals surface area contributed by atoms with Crippen molar-refractivity contribution in [2.24, 2.45) is 0 Å². The van der Waals surface area contributed by atoms with Crippen molar-refractivity contribution in [1.29, 1.82) is 0 Å². The number of anilines is 3. The second-order valence-corrected chi connectivity index (χ2v) is 11.0. The number of carbonyl (C=O) groups excluding carboxylic acids is 2. The maximum atomic E-state index is 12.7. The molecule has 1 saturated heterocycles. The summed E-state index contributed by atoms with van der Waals surface area (Å²) in [5.74, 6) is 1.90. The number of amides is 3. The number of aromatic nitrogens is 3. The summed E-state index contributed by atoms with van der Waals surface area (Å²) in [7, 11) is 0. The molecule has 0 atom stereocenters. The summed E-state index contributed by atoms with van der Waals surface area (Å²) in [5, 5.41) is 19.3. The minimum atomic E-state index is -0.431. The van der Waals surface area contributed by atoms with Crippen molar-refractivity contribution in [2.75, 3.05) is 42.2 Å². The Morgan fingerprint density at radius 2 is 1.68 bits per heavy atom. The van der Waals surface area contributed by atoms with Gasteiger partial charge in [0, 0.05) is 35.3 Å². The highest BCUT2D eigenvalue weighted by molar-refractivity contribution is 6.04. The molecule has 2 aromatic carbocycles. The van der Waals surface area contributed by atoms with E-state index in [0.717, 1.165) is 36.6 Å². The van der Waals surface area contributed by atoms with Crippen LogP contribution in [-0.2, 0) is 5.41 Å². The van der Waals surface area contributed by atoms with Crippen molar-refractivity contribution in [3.63, 3.8) is 0 Å². The van der Waals surface area contributed by atoms with Crippen LogP contribution in [0.1, 0.15) is 49.7 Å². The lowest BCUT2D eigenvalue weighted by atomic mass is 9.93. The number of benzene rings is 2. The number of urea groups is 1.